The van der Waals surface area contributed by atoms with Gasteiger partial charge in [0.15, 0.2) is 0 Å². The molecule has 4 atom stereocenters. The molecule has 172 valence electrons. The number of hydrogen-bond acceptors (Lipinski definition) is 4. The fourth-order valence-corrected chi connectivity index (χ4v) is 9.31. The number of rotatable bonds is 4. The van der Waals surface area contributed by atoms with E-state index in [1.807, 2.05) is 0 Å². The largest absolute Gasteiger partial charge is 0.340 e. The minimum Gasteiger partial charge on any atom is -0.340 e. The van der Waals surface area contributed by atoms with Gasteiger partial charge in [-0.2, -0.15) is 0 Å². The fraction of sp³-hybridized carbons (Fsp3) is 0.808. The van der Waals surface area contributed by atoms with E-state index in [-0.39, 0.29) is 40.9 Å². The maximum Gasteiger partial charge on any atom is 0.233 e. The Kier molecular flexibility index (Phi) is 4.26. The molecule has 2 heterocycles. The van der Waals surface area contributed by atoms with Gasteiger partial charge < -0.3 is 4.90 Å². The molecule has 2 aliphatic heterocycles. The van der Waals surface area contributed by atoms with Crippen LogP contribution in [0.3, 0.4) is 0 Å². The third kappa shape index (κ3) is 2.77. The summed E-state index contributed by atoms with van der Waals surface area (Å²) in [4.78, 5) is 45.4. The summed E-state index contributed by atoms with van der Waals surface area (Å²) in [7, 11) is 0. The van der Waals surface area contributed by atoms with Crippen LogP contribution < -0.4 is 0 Å². The number of likely N-dealkylation sites (tertiary alicyclic amines) is 1. The summed E-state index contributed by atoms with van der Waals surface area (Å²) in [5, 5.41) is 0. The Balaban J connectivity index is 0.943. The highest BCUT2D eigenvalue weighted by Crippen LogP contribution is 2.60. The predicted octanol–water partition coefficient (Wildman–Crippen LogP) is 2.15. The van der Waals surface area contributed by atoms with Crippen molar-refractivity contribution in [3.8, 4) is 0 Å². The first-order valence-electron chi connectivity index (χ1n) is 13.1. The van der Waals surface area contributed by atoms with Crippen LogP contribution in [0.4, 0.5) is 0 Å². The van der Waals surface area contributed by atoms with E-state index in [1.54, 1.807) is 4.90 Å². The van der Waals surface area contributed by atoms with Crippen LogP contribution in [0.2, 0.25) is 0 Å². The van der Waals surface area contributed by atoms with Gasteiger partial charge in [0.05, 0.1) is 17.3 Å². The molecule has 6 bridgehead atoms. The van der Waals surface area contributed by atoms with Gasteiger partial charge in [-0.25, -0.2) is 0 Å². The lowest BCUT2D eigenvalue weighted by atomic mass is 9.49. The molecule has 8 rings (SSSR count). The van der Waals surface area contributed by atoms with E-state index in [2.05, 4.69) is 22.0 Å². The van der Waals surface area contributed by atoms with Gasteiger partial charge in [-0.3, -0.25) is 24.2 Å². The van der Waals surface area contributed by atoms with Gasteiger partial charge in [0, 0.05) is 39.3 Å². The zero-order chi connectivity index (χ0) is 21.6. The Hall–Kier alpha value is -1.69. The standard InChI is InChI=1S/C26H35N3O3/c30-23-21-19-1-2-20(12-19)22(21)24(31)29(23)8-5-27-3-6-28(7-4-27)25(32)26-13-16-9-17(14-26)11-18(10-16)15-26/h1-2,16-22H,3-15H2/t16?,17?,18?,19-,20-,21+,22+,26?/m0/s1. The molecule has 0 aromatic carbocycles. The Labute approximate surface area is 190 Å². The summed E-state index contributed by atoms with van der Waals surface area (Å²) in [6.07, 6.45) is 12.8. The number of fused-ring (bicyclic) bond motifs is 5. The summed E-state index contributed by atoms with van der Waals surface area (Å²) in [6.45, 7) is 4.54. The Morgan fingerprint density at radius 3 is 1.84 bits per heavy atom. The summed E-state index contributed by atoms with van der Waals surface area (Å²) in [5.41, 5.74) is -0.0452. The number of carbonyl (C=O) groups is 3. The summed E-state index contributed by atoms with van der Waals surface area (Å²) < 4.78 is 0. The van der Waals surface area contributed by atoms with Crippen molar-refractivity contribution >= 4 is 17.7 Å². The van der Waals surface area contributed by atoms with Gasteiger partial charge >= 0.3 is 0 Å². The number of nitrogens with zero attached hydrogens (tertiary/aromatic N) is 3. The number of carbonyl (C=O) groups excluding carboxylic acids is 3. The molecule has 5 saturated carbocycles. The average molecular weight is 438 g/mol. The van der Waals surface area contributed by atoms with Gasteiger partial charge in [0.2, 0.25) is 17.7 Å². The second-order valence-corrected chi connectivity index (χ2v) is 12.2. The van der Waals surface area contributed by atoms with E-state index < -0.39 is 0 Å². The molecule has 6 aliphatic carbocycles. The number of allylic oxidation sites excluding steroid dienone is 2. The minimum atomic E-state index is -0.0905. The maximum atomic E-state index is 13.6. The third-order valence-corrected chi connectivity index (χ3v) is 10.4. The monoisotopic (exact) mass is 437 g/mol. The molecule has 32 heavy (non-hydrogen) atoms. The first-order valence-corrected chi connectivity index (χ1v) is 13.1. The quantitative estimate of drug-likeness (QED) is 0.500. The smallest absolute Gasteiger partial charge is 0.233 e. The van der Waals surface area contributed by atoms with Crippen LogP contribution in [0.5, 0.6) is 0 Å². The van der Waals surface area contributed by atoms with Crippen molar-refractivity contribution in [2.75, 3.05) is 39.3 Å². The minimum absolute atomic E-state index is 0.0452. The predicted molar refractivity (Wildman–Crippen MR) is 118 cm³/mol. The van der Waals surface area contributed by atoms with E-state index in [9.17, 15) is 14.4 Å². The molecule has 0 N–H and O–H groups in total. The van der Waals surface area contributed by atoms with Gasteiger partial charge in [0.1, 0.15) is 0 Å². The molecule has 6 heteroatoms. The molecule has 0 unspecified atom stereocenters. The molecule has 0 radical (unpaired) electrons. The summed E-state index contributed by atoms with van der Waals surface area (Å²) >= 11 is 0. The second-order valence-electron chi connectivity index (χ2n) is 12.2. The van der Waals surface area contributed by atoms with Crippen molar-refractivity contribution in [1.82, 2.24) is 14.7 Å². The number of hydrogen-bond donors (Lipinski definition) is 0. The number of imide groups is 1. The van der Waals surface area contributed by atoms with Crippen molar-refractivity contribution in [1.29, 1.82) is 0 Å². The lowest BCUT2D eigenvalue weighted by molar-refractivity contribution is -0.159. The topological polar surface area (TPSA) is 60.9 Å². The van der Waals surface area contributed by atoms with Crippen LogP contribution in [0, 0.1) is 46.8 Å². The summed E-state index contributed by atoms with van der Waals surface area (Å²) in [6, 6.07) is 0. The summed E-state index contributed by atoms with van der Waals surface area (Å²) in [5.74, 6) is 3.35. The Bertz CT molecular complexity index is 823. The lowest BCUT2D eigenvalue weighted by Gasteiger charge is -2.57. The normalized spacial score (nSPS) is 46.6. The molecule has 0 aromatic heterocycles. The third-order valence-electron chi connectivity index (χ3n) is 10.4. The van der Waals surface area contributed by atoms with Crippen LogP contribution >= 0.6 is 0 Å². The van der Waals surface area contributed by atoms with Gasteiger partial charge in [-0.1, -0.05) is 12.2 Å². The van der Waals surface area contributed by atoms with Gasteiger partial charge in [0.25, 0.3) is 0 Å². The molecule has 8 aliphatic rings. The zero-order valence-electron chi connectivity index (χ0n) is 19.0. The van der Waals surface area contributed by atoms with Crippen molar-refractivity contribution < 1.29 is 14.4 Å². The Morgan fingerprint density at radius 1 is 0.781 bits per heavy atom. The number of amides is 3. The van der Waals surface area contributed by atoms with Gasteiger partial charge in [-0.15, -0.1) is 0 Å². The van der Waals surface area contributed by atoms with Crippen molar-refractivity contribution in [3.05, 3.63) is 12.2 Å². The van der Waals surface area contributed by atoms with Crippen molar-refractivity contribution in [2.24, 2.45) is 46.8 Å². The van der Waals surface area contributed by atoms with Crippen LogP contribution in [0.15, 0.2) is 12.2 Å². The zero-order valence-corrected chi connectivity index (χ0v) is 19.0. The number of piperazine rings is 1. The molecule has 6 nitrogen and oxygen atoms in total. The molecule has 3 amide bonds. The van der Waals surface area contributed by atoms with E-state index in [1.165, 1.54) is 19.3 Å². The highest BCUT2D eigenvalue weighted by Gasteiger charge is 2.59. The van der Waals surface area contributed by atoms with E-state index >= 15 is 0 Å². The van der Waals surface area contributed by atoms with E-state index in [0.717, 1.165) is 76.2 Å². The van der Waals surface area contributed by atoms with Crippen LogP contribution in [-0.2, 0) is 14.4 Å². The SMILES string of the molecule is O=C1[C@H]2[C@H](C(=O)N1CCN1CCN(C(=O)C34CC5CC(CC(C5)C3)C4)CC1)[C@H]1C=C[C@H]2C1. The van der Waals surface area contributed by atoms with Gasteiger partial charge in [-0.05, 0) is 74.5 Å². The van der Waals surface area contributed by atoms with E-state index in [4.69, 9.17) is 0 Å². The first kappa shape index (κ1) is 19.7. The Morgan fingerprint density at radius 2 is 1.31 bits per heavy atom. The molecule has 0 spiro atoms. The second kappa shape index (κ2) is 6.91. The molecule has 7 fully saturated rings. The van der Waals surface area contributed by atoms with Crippen LogP contribution in [0.25, 0.3) is 0 Å². The molecular weight excluding hydrogens is 402 g/mol. The van der Waals surface area contributed by atoms with Crippen LogP contribution in [0.1, 0.15) is 44.9 Å². The molecule has 2 saturated heterocycles. The fourth-order valence-electron chi connectivity index (χ4n) is 9.31. The average Bonchev–Trinajstić information content (AvgIpc) is 3.46. The van der Waals surface area contributed by atoms with E-state index in [0.29, 0.717) is 12.5 Å². The maximum absolute atomic E-state index is 13.6. The highest BCUT2D eigenvalue weighted by molar-refractivity contribution is 6.06. The molecule has 0 aromatic rings. The lowest BCUT2D eigenvalue weighted by Crippen LogP contribution is -2.58. The van der Waals surface area contributed by atoms with Crippen molar-refractivity contribution in [3.63, 3.8) is 0 Å². The molecular formula is C26H35N3O3. The van der Waals surface area contributed by atoms with Crippen molar-refractivity contribution in [2.45, 2.75) is 44.9 Å². The highest BCUT2D eigenvalue weighted by atomic mass is 16.2. The first-order chi connectivity index (χ1) is 15.5. The van der Waals surface area contributed by atoms with Crippen LogP contribution in [-0.4, -0.2) is 71.7 Å².